The van der Waals surface area contributed by atoms with Gasteiger partial charge >= 0.3 is 6.03 Å². The van der Waals surface area contributed by atoms with E-state index in [0.29, 0.717) is 28.1 Å². The SMILES string of the molecule is CCCCN(CC(=O)Nc1cc(C(C)(C)C)nn1-c1cccc(C)c1)C(=O)Nc1c(Cl)cccc1Cl. The van der Waals surface area contributed by atoms with Gasteiger partial charge in [0, 0.05) is 18.0 Å². The van der Waals surface area contributed by atoms with Crippen LogP contribution in [-0.2, 0) is 10.2 Å². The molecule has 0 saturated carbocycles. The quantitative estimate of drug-likeness (QED) is 0.327. The van der Waals surface area contributed by atoms with Crippen LogP contribution in [0.15, 0.2) is 48.5 Å². The molecule has 0 atom stereocenters. The van der Waals surface area contributed by atoms with Crippen LogP contribution in [0.2, 0.25) is 10.0 Å². The van der Waals surface area contributed by atoms with Gasteiger partial charge in [-0.1, -0.05) is 75.5 Å². The Labute approximate surface area is 222 Å². The molecule has 9 heteroatoms. The minimum absolute atomic E-state index is 0.141. The van der Waals surface area contributed by atoms with E-state index in [-0.39, 0.29) is 17.9 Å². The highest BCUT2D eigenvalue weighted by Crippen LogP contribution is 2.30. The van der Waals surface area contributed by atoms with E-state index in [9.17, 15) is 9.59 Å². The van der Waals surface area contributed by atoms with Crippen LogP contribution in [0.25, 0.3) is 5.69 Å². The Morgan fingerprint density at radius 1 is 1.03 bits per heavy atom. The second-order valence-corrected chi connectivity index (χ2v) is 10.6. The van der Waals surface area contributed by atoms with Crippen molar-refractivity contribution in [3.63, 3.8) is 0 Å². The molecule has 3 aromatic rings. The monoisotopic (exact) mass is 529 g/mol. The highest BCUT2D eigenvalue weighted by atomic mass is 35.5. The number of aromatic nitrogens is 2. The van der Waals surface area contributed by atoms with Crippen LogP contribution in [0.1, 0.15) is 51.8 Å². The maximum Gasteiger partial charge on any atom is 0.322 e. The number of carbonyl (C=O) groups excluding carboxylic acids is 2. The first-order valence-corrected chi connectivity index (χ1v) is 12.7. The van der Waals surface area contributed by atoms with E-state index in [1.165, 1.54) is 4.90 Å². The summed E-state index contributed by atoms with van der Waals surface area (Å²) in [5, 5.41) is 11.1. The summed E-state index contributed by atoms with van der Waals surface area (Å²) < 4.78 is 1.73. The predicted octanol–water partition coefficient (Wildman–Crippen LogP) is 7.06. The zero-order valence-electron chi connectivity index (χ0n) is 21.4. The molecule has 7 nitrogen and oxygen atoms in total. The molecule has 0 aliphatic carbocycles. The van der Waals surface area contributed by atoms with Crippen molar-refractivity contribution in [2.45, 2.75) is 52.9 Å². The molecule has 0 fully saturated rings. The molecule has 0 bridgehead atoms. The van der Waals surface area contributed by atoms with Crippen molar-refractivity contribution in [3.05, 3.63) is 69.8 Å². The Kier molecular flexibility index (Phi) is 9.03. The summed E-state index contributed by atoms with van der Waals surface area (Å²) in [5.41, 5.74) is 2.87. The second kappa shape index (κ2) is 11.8. The van der Waals surface area contributed by atoms with Crippen LogP contribution in [0, 0.1) is 6.92 Å². The summed E-state index contributed by atoms with van der Waals surface area (Å²) in [4.78, 5) is 27.7. The lowest BCUT2D eigenvalue weighted by molar-refractivity contribution is -0.116. The summed E-state index contributed by atoms with van der Waals surface area (Å²) in [5.74, 6) is 0.210. The largest absolute Gasteiger partial charge is 0.322 e. The highest BCUT2D eigenvalue weighted by Gasteiger charge is 2.23. The van der Waals surface area contributed by atoms with Crippen LogP contribution < -0.4 is 10.6 Å². The molecule has 1 aromatic heterocycles. The fraction of sp³-hybridized carbons (Fsp3) is 0.370. The van der Waals surface area contributed by atoms with Gasteiger partial charge in [0.2, 0.25) is 5.91 Å². The first-order chi connectivity index (χ1) is 17.0. The van der Waals surface area contributed by atoms with Crippen molar-refractivity contribution in [1.29, 1.82) is 0 Å². The minimum Gasteiger partial charge on any atom is -0.315 e. The Morgan fingerprint density at radius 2 is 1.69 bits per heavy atom. The van der Waals surface area contributed by atoms with Crippen molar-refractivity contribution in [2.75, 3.05) is 23.7 Å². The third-order valence-corrected chi connectivity index (χ3v) is 6.22. The van der Waals surface area contributed by atoms with E-state index in [0.717, 1.165) is 29.8 Å². The Bertz CT molecular complexity index is 1210. The number of benzene rings is 2. The standard InChI is InChI=1S/C27H33Cl2N5O2/c1-6-7-14-33(26(36)31-25-20(28)12-9-13-21(25)29)17-24(35)30-23-16-22(27(3,4)5)32-34(23)19-11-8-10-18(2)15-19/h8-13,15-16H,6-7,14,17H2,1-5H3,(H,30,35)(H,31,36). The number of hydrogen-bond donors (Lipinski definition) is 2. The van der Waals surface area contributed by atoms with E-state index in [1.54, 1.807) is 22.9 Å². The summed E-state index contributed by atoms with van der Waals surface area (Å²) in [7, 11) is 0. The smallest absolute Gasteiger partial charge is 0.315 e. The molecule has 0 aliphatic rings. The maximum absolute atomic E-state index is 13.2. The molecule has 0 radical (unpaired) electrons. The number of amides is 3. The van der Waals surface area contributed by atoms with Crippen LogP contribution in [-0.4, -0.2) is 39.7 Å². The maximum atomic E-state index is 13.2. The fourth-order valence-corrected chi connectivity index (χ4v) is 4.05. The molecule has 2 N–H and O–H groups in total. The van der Waals surface area contributed by atoms with E-state index in [4.69, 9.17) is 28.3 Å². The molecule has 2 aromatic carbocycles. The molecule has 3 amide bonds. The molecule has 0 spiro atoms. The first kappa shape index (κ1) is 27.6. The number of urea groups is 1. The second-order valence-electron chi connectivity index (χ2n) is 9.77. The Morgan fingerprint density at radius 3 is 2.31 bits per heavy atom. The van der Waals surface area contributed by atoms with Crippen LogP contribution in [0.5, 0.6) is 0 Å². The van der Waals surface area contributed by atoms with Crippen LogP contribution >= 0.6 is 23.2 Å². The lowest BCUT2D eigenvalue weighted by Crippen LogP contribution is -2.41. The van der Waals surface area contributed by atoms with E-state index in [1.807, 2.05) is 44.2 Å². The number of nitrogens with one attached hydrogen (secondary N) is 2. The molecule has 0 unspecified atom stereocenters. The molecule has 3 rings (SSSR count). The van der Waals surface area contributed by atoms with Crippen LogP contribution in [0.4, 0.5) is 16.3 Å². The van der Waals surface area contributed by atoms with Gasteiger partial charge in [-0.2, -0.15) is 5.10 Å². The molecule has 36 heavy (non-hydrogen) atoms. The van der Waals surface area contributed by atoms with Gasteiger partial charge < -0.3 is 15.5 Å². The molecule has 0 aliphatic heterocycles. The minimum atomic E-state index is -0.448. The number of nitrogens with zero attached hydrogens (tertiary/aromatic N) is 3. The molecular formula is C27H33Cl2N5O2. The summed E-state index contributed by atoms with van der Waals surface area (Å²) in [6, 6.07) is 14.3. The molecule has 1 heterocycles. The summed E-state index contributed by atoms with van der Waals surface area (Å²) in [6.45, 7) is 10.5. The number of unbranched alkanes of at least 4 members (excludes halogenated alkanes) is 1. The summed E-state index contributed by atoms with van der Waals surface area (Å²) >= 11 is 12.4. The van der Waals surface area contributed by atoms with Crippen molar-refractivity contribution in [2.24, 2.45) is 0 Å². The first-order valence-electron chi connectivity index (χ1n) is 12.0. The third-order valence-electron chi connectivity index (χ3n) is 5.59. The normalized spacial score (nSPS) is 11.3. The number of halogens is 2. The van der Waals surface area contributed by atoms with E-state index in [2.05, 4.69) is 31.4 Å². The zero-order chi connectivity index (χ0) is 26.5. The predicted molar refractivity (Wildman–Crippen MR) is 148 cm³/mol. The average molecular weight is 531 g/mol. The number of anilines is 2. The van der Waals surface area contributed by atoms with Crippen molar-refractivity contribution in [3.8, 4) is 5.69 Å². The zero-order valence-corrected chi connectivity index (χ0v) is 22.9. The third kappa shape index (κ3) is 7.02. The van der Waals surface area contributed by atoms with Gasteiger partial charge in [0.15, 0.2) is 0 Å². The van der Waals surface area contributed by atoms with Gasteiger partial charge in [0.1, 0.15) is 12.4 Å². The highest BCUT2D eigenvalue weighted by molar-refractivity contribution is 6.39. The van der Waals surface area contributed by atoms with Crippen LogP contribution in [0.3, 0.4) is 0 Å². The lowest BCUT2D eigenvalue weighted by atomic mass is 9.92. The topological polar surface area (TPSA) is 79.3 Å². The van der Waals surface area contributed by atoms with Gasteiger partial charge in [-0.05, 0) is 43.2 Å². The number of carbonyl (C=O) groups is 2. The van der Waals surface area contributed by atoms with Gasteiger partial charge in [-0.3, -0.25) is 4.79 Å². The van der Waals surface area contributed by atoms with E-state index >= 15 is 0 Å². The van der Waals surface area contributed by atoms with Crippen molar-refractivity contribution >= 4 is 46.6 Å². The number of aryl methyl sites for hydroxylation is 1. The molecular weight excluding hydrogens is 497 g/mol. The van der Waals surface area contributed by atoms with E-state index < -0.39 is 6.03 Å². The average Bonchev–Trinajstić information content (AvgIpc) is 3.23. The number of para-hydroxylation sites is 1. The lowest BCUT2D eigenvalue weighted by Gasteiger charge is -2.23. The number of hydrogen-bond acceptors (Lipinski definition) is 3. The van der Waals surface area contributed by atoms with Gasteiger partial charge in [-0.25, -0.2) is 9.48 Å². The van der Waals surface area contributed by atoms with Gasteiger partial charge in [-0.15, -0.1) is 0 Å². The van der Waals surface area contributed by atoms with Crippen molar-refractivity contribution < 1.29 is 9.59 Å². The summed E-state index contributed by atoms with van der Waals surface area (Å²) in [6.07, 6.45) is 1.61. The molecule has 192 valence electrons. The van der Waals surface area contributed by atoms with Gasteiger partial charge in [0.25, 0.3) is 0 Å². The van der Waals surface area contributed by atoms with Gasteiger partial charge in [0.05, 0.1) is 27.1 Å². The Balaban J connectivity index is 1.83. The Hall–Kier alpha value is -3.03. The molecule has 0 saturated heterocycles. The van der Waals surface area contributed by atoms with Crippen molar-refractivity contribution in [1.82, 2.24) is 14.7 Å². The fourth-order valence-electron chi connectivity index (χ4n) is 3.55. The number of rotatable bonds is 8.